The minimum Gasteiger partial charge on any atom is -0.479 e. The van der Waals surface area contributed by atoms with Crippen molar-refractivity contribution in [3.8, 4) is 5.75 Å². The van der Waals surface area contributed by atoms with E-state index in [9.17, 15) is 10.1 Å². The van der Waals surface area contributed by atoms with Crippen LogP contribution in [0.15, 0.2) is 41.8 Å². The summed E-state index contributed by atoms with van der Waals surface area (Å²) >= 11 is 7.40. The zero-order chi connectivity index (χ0) is 17.8. The number of nitro groups is 1. The van der Waals surface area contributed by atoms with E-state index < -0.39 is 4.92 Å². The molecule has 1 aromatic carbocycles. The Bertz CT molecular complexity index is 896. The number of pyridine rings is 1. The van der Waals surface area contributed by atoms with Crippen LogP contribution in [0.4, 0.5) is 5.82 Å². The number of halogens is 1. The van der Waals surface area contributed by atoms with Crippen LogP contribution >= 0.6 is 22.9 Å². The molecule has 2 heterocycles. The van der Waals surface area contributed by atoms with E-state index in [0.29, 0.717) is 17.1 Å². The Morgan fingerprint density at radius 2 is 1.96 bits per heavy atom. The Balaban J connectivity index is 1.66. The first-order valence-electron chi connectivity index (χ1n) is 7.44. The summed E-state index contributed by atoms with van der Waals surface area (Å²) in [7, 11) is 0. The van der Waals surface area contributed by atoms with Crippen molar-refractivity contribution in [2.45, 2.75) is 20.0 Å². The molecule has 0 amide bonds. The number of ether oxygens (including phenoxy) is 1. The Morgan fingerprint density at radius 3 is 2.68 bits per heavy atom. The lowest BCUT2D eigenvalue weighted by Gasteiger charge is -2.04. The molecule has 0 saturated carbocycles. The third-order valence-corrected chi connectivity index (χ3v) is 4.54. The van der Waals surface area contributed by atoms with E-state index in [1.807, 2.05) is 29.6 Å². The molecule has 0 aliphatic rings. The number of nitrogens with zero attached hydrogens (tertiary/aromatic N) is 3. The van der Waals surface area contributed by atoms with Gasteiger partial charge in [0, 0.05) is 23.7 Å². The van der Waals surface area contributed by atoms with Gasteiger partial charge in [0.25, 0.3) is 0 Å². The zero-order valence-corrected chi connectivity index (χ0v) is 14.9. The minimum atomic E-state index is -0.546. The zero-order valence-electron chi connectivity index (χ0n) is 13.3. The van der Waals surface area contributed by atoms with Crippen molar-refractivity contribution >= 4 is 28.8 Å². The molecule has 0 bridgehead atoms. The Labute approximate surface area is 153 Å². The summed E-state index contributed by atoms with van der Waals surface area (Å²) in [6.45, 7) is 1.85. The second kappa shape index (κ2) is 7.58. The van der Waals surface area contributed by atoms with Crippen molar-refractivity contribution in [2.24, 2.45) is 0 Å². The van der Waals surface area contributed by atoms with Crippen LogP contribution in [-0.4, -0.2) is 14.9 Å². The summed E-state index contributed by atoms with van der Waals surface area (Å²) in [6, 6.07) is 10.8. The standard InChI is InChI=1S/C17H14ClN3O3S/c1-11-2-7-15(17(19-11)21(22)23)24-9-14-10-25-16(20-14)8-12-3-5-13(18)6-4-12/h2-7,10H,8-9H2,1H3. The van der Waals surface area contributed by atoms with Crippen molar-refractivity contribution in [1.29, 1.82) is 0 Å². The molecule has 0 fully saturated rings. The SMILES string of the molecule is Cc1ccc(OCc2csc(Cc3ccc(Cl)cc3)n2)c([N+](=O)[O-])n1. The Hall–Kier alpha value is -2.51. The molecule has 0 aliphatic carbocycles. The first kappa shape index (κ1) is 17.3. The number of aryl methyl sites for hydroxylation is 1. The van der Waals surface area contributed by atoms with E-state index in [-0.39, 0.29) is 18.2 Å². The van der Waals surface area contributed by atoms with Gasteiger partial charge in [-0.2, -0.15) is 0 Å². The van der Waals surface area contributed by atoms with Gasteiger partial charge in [-0.05, 0) is 39.7 Å². The average molecular weight is 376 g/mol. The number of rotatable bonds is 6. The summed E-state index contributed by atoms with van der Waals surface area (Å²) in [5, 5.41) is 14.6. The van der Waals surface area contributed by atoms with Crippen molar-refractivity contribution in [3.05, 3.63) is 78.9 Å². The second-order valence-corrected chi connectivity index (χ2v) is 6.74. The van der Waals surface area contributed by atoms with Gasteiger partial charge in [-0.3, -0.25) is 0 Å². The molecule has 0 saturated heterocycles. The normalized spacial score (nSPS) is 10.6. The third-order valence-electron chi connectivity index (χ3n) is 3.39. The number of thiazole rings is 1. The van der Waals surface area contributed by atoms with Crippen molar-refractivity contribution in [3.63, 3.8) is 0 Å². The van der Waals surface area contributed by atoms with E-state index in [1.54, 1.807) is 19.1 Å². The minimum absolute atomic E-state index is 0.142. The van der Waals surface area contributed by atoms with Crippen LogP contribution in [0.25, 0.3) is 0 Å². The smallest absolute Gasteiger partial charge is 0.406 e. The summed E-state index contributed by atoms with van der Waals surface area (Å²) in [5.74, 6) is -0.139. The van der Waals surface area contributed by atoms with Crippen molar-refractivity contribution < 1.29 is 9.66 Å². The molecule has 0 spiro atoms. The molecule has 3 rings (SSSR count). The van der Waals surface area contributed by atoms with Crippen LogP contribution in [0, 0.1) is 17.0 Å². The maximum Gasteiger partial charge on any atom is 0.406 e. The van der Waals surface area contributed by atoms with Crippen molar-refractivity contribution in [2.75, 3.05) is 0 Å². The molecule has 8 heteroatoms. The van der Waals surface area contributed by atoms with Gasteiger partial charge in [-0.15, -0.1) is 11.3 Å². The summed E-state index contributed by atoms with van der Waals surface area (Å²) in [5.41, 5.74) is 2.41. The van der Waals surface area contributed by atoms with Gasteiger partial charge in [-0.1, -0.05) is 23.7 Å². The summed E-state index contributed by atoms with van der Waals surface area (Å²) in [6.07, 6.45) is 0.702. The molecule has 0 unspecified atom stereocenters. The van der Waals surface area contributed by atoms with Crippen LogP contribution in [0.1, 0.15) is 22.0 Å². The van der Waals surface area contributed by atoms with Gasteiger partial charge in [0.15, 0.2) is 0 Å². The molecule has 128 valence electrons. The predicted molar refractivity (Wildman–Crippen MR) is 96.3 cm³/mol. The largest absolute Gasteiger partial charge is 0.479 e. The van der Waals surface area contributed by atoms with Gasteiger partial charge < -0.3 is 14.9 Å². The number of aromatic nitrogens is 2. The molecule has 25 heavy (non-hydrogen) atoms. The van der Waals surface area contributed by atoms with Gasteiger partial charge in [0.2, 0.25) is 5.75 Å². The van der Waals surface area contributed by atoms with Crippen LogP contribution in [-0.2, 0) is 13.0 Å². The maximum absolute atomic E-state index is 11.1. The fraction of sp³-hybridized carbons (Fsp3) is 0.176. The maximum atomic E-state index is 11.1. The lowest BCUT2D eigenvalue weighted by Crippen LogP contribution is -2.02. The molecule has 3 aromatic rings. The van der Waals surface area contributed by atoms with E-state index >= 15 is 0 Å². The average Bonchev–Trinajstić information content (AvgIpc) is 3.03. The highest BCUT2D eigenvalue weighted by molar-refractivity contribution is 7.09. The quantitative estimate of drug-likeness (QED) is 0.465. The fourth-order valence-electron chi connectivity index (χ4n) is 2.20. The number of hydrogen-bond donors (Lipinski definition) is 0. The van der Waals surface area contributed by atoms with Crippen LogP contribution < -0.4 is 4.74 Å². The van der Waals surface area contributed by atoms with Gasteiger partial charge >= 0.3 is 5.82 Å². The Morgan fingerprint density at radius 1 is 1.20 bits per heavy atom. The van der Waals surface area contributed by atoms with E-state index in [1.165, 1.54) is 11.3 Å². The number of benzene rings is 1. The lowest BCUT2D eigenvalue weighted by atomic mass is 10.2. The van der Waals surface area contributed by atoms with Crippen molar-refractivity contribution in [1.82, 2.24) is 9.97 Å². The van der Waals surface area contributed by atoms with E-state index in [0.717, 1.165) is 16.3 Å². The summed E-state index contributed by atoms with van der Waals surface area (Å²) in [4.78, 5) is 18.9. The van der Waals surface area contributed by atoms with Crippen LogP contribution in [0.3, 0.4) is 0 Å². The molecule has 6 nitrogen and oxygen atoms in total. The van der Waals surface area contributed by atoms with Crippen LogP contribution in [0.2, 0.25) is 5.02 Å². The number of hydrogen-bond acceptors (Lipinski definition) is 6. The molecule has 2 aromatic heterocycles. The first-order chi connectivity index (χ1) is 12.0. The predicted octanol–water partition coefficient (Wildman–Crippen LogP) is 4.58. The third kappa shape index (κ3) is 4.52. The fourth-order valence-corrected chi connectivity index (χ4v) is 3.14. The molecular weight excluding hydrogens is 362 g/mol. The highest BCUT2D eigenvalue weighted by Crippen LogP contribution is 2.26. The molecule has 0 atom stereocenters. The molecule has 0 aliphatic heterocycles. The van der Waals surface area contributed by atoms with E-state index in [2.05, 4.69) is 9.97 Å². The van der Waals surface area contributed by atoms with Crippen LogP contribution in [0.5, 0.6) is 5.75 Å². The highest BCUT2D eigenvalue weighted by atomic mass is 35.5. The second-order valence-electron chi connectivity index (χ2n) is 5.36. The van der Waals surface area contributed by atoms with Gasteiger partial charge in [-0.25, -0.2) is 4.98 Å². The molecular formula is C17H14ClN3O3S. The van der Waals surface area contributed by atoms with E-state index in [4.69, 9.17) is 16.3 Å². The summed E-state index contributed by atoms with van der Waals surface area (Å²) < 4.78 is 5.54. The molecule has 0 N–H and O–H groups in total. The lowest BCUT2D eigenvalue weighted by molar-refractivity contribution is -0.390. The first-order valence-corrected chi connectivity index (χ1v) is 8.69. The van der Waals surface area contributed by atoms with Gasteiger partial charge in [0.1, 0.15) is 12.3 Å². The monoisotopic (exact) mass is 375 g/mol. The topological polar surface area (TPSA) is 78.2 Å². The Kier molecular flexibility index (Phi) is 5.25. The highest BCUT2D eigenvalue weighted by Gasteiger charge is 2.18. The molecule has 0 radical (unpaired) electrons. The van der Waals surface area contributed by atoms with Gasteiger partial charge in [0.05, 0.1) is 10.7 Å².